The fourth-order valence-electron chi connectivity index (χ4n) is 4.73. The van der Waals surface area contributed by atoms with Crippen LogP contribution in [0, 0.1) is 0 Å². The van der Waals surface area contributed by atoms with E-state index in [1.165, 1.54) is 16.5 Å². The molecule has 1 aromatic heterocycles. The molecule has 0 unspecified atom stereocenters. The Bertz CT molecular complexity index is 849. The summed E-state index contributed by atoms with van der Waals surface area (Å²) in [7, 11) is 3.76. The van der Waals surface area contributed by atoms with Crippen molar-refractivity contribution < 1.29 is 14.3 Å². The minimum absolute atomic E-state index is 0.189. The summed E-state index contributed by atoms with van der Waals surface area (Å²) in [6, 6.07) is 6.22. The van der Waals surface area contributed by atoms with E-state index in [1.807, 2.05) is 6.07 Å². The lowest BCUT2D eigenvalue weighted by Gasteiger charge is -2.48. The third kappa shape index (κ3) is 3.38. The Hall–Kier alpha value is -2.09. The molecule has 0 bridgehead atoms. The van der Waals surface area contributed by atoms with Crippen molar-refractivity contribution in [3.63, 3.8) is 0 Å². The van der Waals surface area contributed by atoms with E-state index in [9.17, 15) is 4.79 Å². The summed E-state index contributed by atoms with van der Waals surface area (Å²) in [5.41, 5.74) is 7.84. The Balaban J connectivity index is 1.48. The van der Waals surface area contributed by atoms with Gasteiger partial charge in [-0.25, -0.2) is 0 Å². The Morgan fingerprint density at radius 3 is 2.57 bits per heavy atom. The zero-order valence-electron chi connectivity index (χ0n) is 16.8. The number of benzene rings is 1. The number of carbonyl (C=O) groups is 1. The molecule has 28 heavy (non-hydrogen) atoms. The number of hydrogen-bond donors (Lipinski definition) is 1. The van der Waals surface area contributed by atoms with E-state index in [1.54, 1.807) is 7.11 Å². The van der Waals surface area contributed by atoms with Crippen LogP contribution in [0.1, 0.15) is 18.4 Å². The highest BCUT2D eigenvalue weighted by Crippen LogP contribution is 2.32. The van der Waals surface area contributed by atoms with Gasteiger partial charge < -0.3 is 19.8 Å². The van der Waals surface area contributed by atoms with E-state index in [4.69, 9.17) is 15.2 Å². The molecule has 1 amide bonds. The lowest BCUT2D eigenvalue weighted by atomic mass is 9.84. The molecule has 2 saturated heterocycles. The van der Waals surface area contributed by atoms with E-state index < -0.39 is 5.54 Å². The number of nitrogens with zero attached hydrogens (tertiary/aromatic N) is 3. The fraction of sp³-hybridized carbons (Fsp3) is 0.571. The third-order valence-electron chi connectivity index (χ3n) is 6.43. The van der Waals surface area contributed by atoms with Gasteiger partial charge in [-0.2, -0.15) is 0 Å². The molecule has 2 aliphatic rings. The first-order valence-electron chi connectivity index (χ1n) is 10.0. The highest BCUT2D eigenvalue weighted by atomic mass is 16.5. The second-order valence-corrected chi connectivity index (χ2v) is 7.92. The molecule has 4 rings (SSSR count). The van der Waals surface area contributed by atoms with E-state index in [0.29, 0.717) is 13.2 Å². The average Bonchev–Trinajstić information content (AvgIpc) is 3.04. The molecule has 3 heterocycles. The number of nitrogens with two attached hydrogens (primary N) is 1. The summed E-state index contributed by atoms with van der Waals surface area (Å²) in [4.78, 5) is 17.1. The van der Waals surface area contributed by atoms with Crippen LogP contribution in [0.4, 0.5) is 0 Å². The molecule has 0 aliphatic carbocycles. The van der Waals surface area contributed by atoms with Crippen molar-refractivity contribution in [2.45, 2.75) is 24.9 Å². The van der Waals surface area contributed by atoms with E-state index >= 15 is 0 Å². The van der Waals surface area contributed by atoms with Crippen molar-refractivity contribution in [3.8, 4) is 5.75 Å². The molecule has 0 spiro atoms. The number of hydrogen-bond acceptors (Lipinski definition) is 5. The Labute approximate surface area is 166 Å². The van der Waals surface area contributed by atoms with Gasteiger partial charge in [-0.15, -0.1) is 0 Å². The van der Waals surface area contributed by atoms with Crippen LogP contribution in [0.5, 0.6) is 5.75 Å². The quantitative estimate of drug-likeness (QED) is 0.840. The molecule has 2 aliphatic heterocycles. The number of rotatable bonds is 5. The maximum atomic E-state index is 12.4. The van der Waals surface area contributed by atoms with Crippen molar-refractivity contribution in [1.29, 1.82) is 0 Å². The molecule has 0 saturated carbocycles. The summed E-state index contributed by atoms with van der Waals surface area (Å²) in [6.07, 6.45) is 3.75. The first-order valence-corrected chi connectivity index (χ1v) is 10.0. The molecule has 2 fully saturated rings. The fourth-order valence-corrected chi connectivity index (χ4v) is 4.73. The standard InChI is InChI=1S/C21H30N4O3/c1-23-14-16(18-4-3-17(27-2)13-19(18)23)15-24-7-5-21(6-8-24,20(22)26)25-9-11-28-12-10-25/h3-4,13-14H,5-12,15H2,1-2H3,(H2,22,26). The minimum Gasteiger partial charge on any atom is -0.497 e. The van der Waals surface area contributed by atoms with Crippen LogP contribution in [0.3, 0.4) is 0 Å². The molecule has 2 aromatic rings. The molecular weight excluding hydrogens is 356 g/mol. The lowest BCUT2D eigenvalue weighted by Crippen LogP contribution is -2.64. The number of piperidine rings is 1. The molecule has 1 aromatic carbocycles. The number of morpholine rings is 1. The SMILES string of the molecule is COc1ccc2c(CN3CCC(C(N)=O)(N4CCOCC4)CC3)cn(C)c2c1. The first kappa shape index (κ1) is 19.2. The number of amides is 1. The summed E-state index contributed by atoms with van der Waals surface area (Å²) < 4.78 is 13.0. The maximum Gasteiger partial charge on any atom is 0.238 e. The van der Waals surface area contributed by atoms with Crippen molar-refractivity contribution >= 4 is 16.8 Å². The van der Waals surface area contributed by atoms with E-state index in [-0.39, 0.29) is 5.91 Å². The highest BCUT2D eigenvalue weighted by Gasteiger charge is 2.45. The summed E-state index contributed by atoms with van der Waals surface area (Å²) in [5.74, 6) is 0.682. The van der Waals surface area contributed by atoms with Gasteiger partial charge >= 0.3 is 0 Å². The largest absolute Gasteiger partial charge is 0.497 e. The van der Waals surface area contributed by atoms with Crippen molar-refractivity contribution in [2.24, 2.45) is 12.8 Å². The molecular formula is C21H30N4O3. The van der Waals surface area contributed by atoms with Crippen LogP contribution in [-0.4, -0.2) is 72.3 Å². The Morgan fingerprint density at radius 2 is 1.93 bits per heavy atom. The van der Waals surface area contributed by atoms with Crippen molar-refractivity contribution in [2.75, 3.05) is 46.5 Å². The number of fused-ring (bicyclic) bond motifs is 1. The predicted molar refractivity (Wildman–Crippen MR) is 108 cm³/mol. The third-order valence-corrected chi connectivity index (χ3v) is 6.43. The van der Waals surface area contributed by atoms with E-state index in [2.05, 4.69) is 39.7 Å². The van der Waals surface area contributed by atoms with E-state index in [0.717, 1.165) is 51.3 Å². The van der Waals surface area contributed by atoms with Crippen LogP contribution >= 0.6 is 0 Å². The molecule has 2 N–H and O–H groups in total. The van der Waals surface area contributed by atoms with Crippen LogP contribution in [-0.2, 0) is 23.1 Å². The van der Waals surface area contributed by atoms with Crippen molar-refractivity contribution in [1.82, 2.24) is 14.4 Å². The maximum absolute atomic E-state index is 12.4. The van der Waals surface area contributed by atoms with Crippen LogP contribution in [0.2, 0.25) is 0 Å². The number of carbonyl (C=O) groups excluding carboxylic acids is 1. The number of aryl methyl sites for hydroxylation is 1. The summed E-state index contributed by atoms with van der Waals surface area (Å²) in [5, 5.41) is 1.25. The predicted octanol–water partition coefficient (Wildman–Crippen LogP) is 1.34. The number of primary amides is 1. The zero-order valence-corrected chi connectivity index (χ0v) is 16.8. The Morgan fingerprint density at radius 1 is 1.21 bits per heavy atom. The first-order chi connectivity index (χ1) is 13.5. The normalized spacial score (nSPS) is 21.1. The smallest absolute Gasteiger partial charge is 0.238 e. The number of ether oxygens (including phenoxy) is 2. The number of likely N-dealkylation sites (tertiary alicyclic amines) is 1. The minimum atomic E-state index is -0.521. The molecule has 7 nitrogen and oxygen atoms in total. The van der Waals surface area contributed by atoms with Gasteiger partial charge in [-0.05, 0) is 30.5 Å². The summed E-state index contributed by atoms with van der Waals surface area (Å²) in [6.45, 7) is 5.54. The van der Waals surface area contributed by atoms with Gasteiger partial charge in [0.1, 0.15) is 11.3 Å². The average molecular weight is 386 g/mol. The number of methoxy groups -OCH3 is 1. The van der Waals surface area contributed by atoms with Crippen LogP contribution in [0.25, 0.3) is 10.9 Å². The number of aromatic nitrogens is 1. The summed E-state index contributed by atoms with van der Waals surface area (Å²) >= 11 is 0. The van der Waals surface area contributed by atoms with Crippen molar-refractivity contribution in [3.05, 3.63) is 30.0 Å². The van der Waals surface area contributed by atoms with Gasteiger partial charge in [0, 0.05) is 57.4 Å². The molecule has 7 heteroatoms. The van der Waals surface area contributed by atoms with Gasteiger partial charge in [0.25, 0.3) is 0 Å². The second-order valence-electron chi connectivity index (χ2n) is 7.92. The molecule has 0 radical (unpaired) electrons. The van der Waals surface area contributed by atoms with Gasteiger partial charge in [0.2, 0.25) is 5.91 Å². The lowest BCUT2D eigenvalue weighted by molar-refractivity contribution is -0.138. The Kier molecular flexibility index (Phi) is 5.31. The molecule has 0 atom stereocenters. The monoisotopic (exact) mass is 386 g/mol. The highest BCUT2D eigenvalue weighted by molar-refractivity contribution is 5.86. The zero-order chi connectivity index (χ0) is 19.7. The van der Waals surface area contributed by atoms with Crippen LogP contribution < -0.4 is 10.5 Å². The second kappa shape index (κ2) is 7.73. The molecule has 152 valence electrons. The van der Waals surface area contributed by atoms with Gasteiger partial charge in [0.15, 0.2) is 0 Å². The van der Waals surface area contributed by atoms with Gasteiger partial charge in [-0.3, -0.25) is 14.6 Å². The van der Waals surface area contributed by atoms with Gasteiger partial charge in [-0.1, -0.05) is 0 Å². The topological polar surface area (TPSA) is 73.0 Å². The van der Waals surface area contributed by atoms with Gasteiger partial charge in [0.05, 0.1) is 25.8 Å². The van der Waals surface area contributed by atoms with Crippen LogP contribution in [0.15, 0.2) is 24.4 Å².